The van der Waals surface area contributed by atoms with Crippen LogP contribution in [0, 0.1) is 21.4 Å². The van der Waals surface area contributed by atoms with Crippen molar-refractivity contribution >= 4 is 5.69 Å². The van der Waals surface area contributed by atoms with Gasteiger partial charge in [0.05, 0.1) is 4.92 Å². The molecule has 1 aliphatic carbocycles. The summed E-state index contributed by atoms with van der Waals surface area (Å²) in [6, 6.07) is 5.94. The average Bonchev–Trinajstić information content (AvgIpc) is 2.39. The minimum Gasteiger partial charge on any atom is -0.458 e. The van der Waals surface area contributed by atoms with Gasteiger partial charge in [-0.1, -0.05) is 6.08 Å². The summed E-state index contributed by atoms with van der Waals surface area (Å²) in [5.74, 6) is 1.12. The highest BCUT2D eigenvalue weighted by Gasteiger charge is 2.14. The molecule has 0 saturated carbocycles. The van der Waals surface area contributed by atoms with E-state index in [1.54, 1.807) is 6.07 Å². The maximum absolute atomic E-state index is 10.7. The number of rotatable bonds is 3. The van der Waals surface area contributed by atoms with Crippen LogP contribution in [0.1, 0.15) is 18.4 Å². The van der Waals surface area contributed by atoms with E-state index in [1.165, 1.54) is 18.2 Å². The number of allylic oxidation sites excluding steroid dienone is 3. The summed E-state index contributed by atoms with van der Waals surface area (Å²) in [6.07, 6.45) is 7.66. The van der Waals surface area contributed by atoms with Gasteiger partial charge in [-0.2, -0.15) is 5.26 Å². The van der Waals surface area contributed by atoms with E-state index in [-0.39, 0.29) is 11.3 Å². The minimum atomic E-state index is -0.581. The molecule has 1 aromatic rings. The van der Waals surface area contributed by atoms with Gasteiger partial charge in [0.2, 0.25) is 0 Å². The van der Waals surface area contributed by atoms with Crippen molar-refractivity contribution in [2.45, 2.75) is 12.8 Å². The first-order valence-corrected chi connectivity index (χ1v) is 5.44. The van der Waals surface area contributed by atoms with Crippen molar-refractivity contribution in [2.75, 3.05) is 0 Å². The lowest BCUT2D eigenvalue weighted by molar-refractivity contribution is -0.385. The molecule has 18 heavy (non-hydrogen) atoms. The maximum atomic E-state index is 10.7. The van der Waals surface area contributed by atoms with Crippen LogP contribution >= 0.6 is 0 Å². The van der Waals surface area contributed by atoms with Crippen molar-refractivity contribution < 1.29 is 9.66 Å². The zero-order valence-electron chi connectivity index (χ0n) is 9.50. The Labute approximate surface area is 104 Å². The van der Waals surface area contributed by atoms with Crippen molar-refractivity contribution in [3.05, 3.63) is 57.9 Å². The highest BCUT2D eigenvalue weighted by Crippen LogP contribution is 2.25. The first-order valence-electron chi connectivity index (χ1n) is 5.44. The second-order valence-corrected chi connectivity index (χ2v) is 3.74. The van der Waals surface area contributed by atoms with Gasteiger partial charge in [0, 0.05) is 12.1 Å². The van der Waals surface area contributed by atoms with Crippen LogP contribution in [0.2, 0.25) is 0 Å². The van der Waals surface area contributed by atoms with Gasteiger partial charge in [-0.25, -0.2) is 0 Å². The second kappa shape index (κ2) is 5.15. The smallest absolute Gasteiger partial charge is 0.287 e. The van der Waals surface area contributed by atoms with Gasteiger partial charge in [0.25, 0.3) is 5.69 Å². The summed E-state index contributed by atoms with van der Waals surface area (Å²) in [6.45, 7) is 0. The molecule has 0 radical (unpaired) electrons. The van der Waals surface area contributed by atoms with Crippen molar-refractivity contribution in [3.8, 4) is 11.8 Å². The van der Waals surface area contributed by atoms with E-state index >= 15 is 0 Å². The third-order valence-electron chi connectivity index (χ3n) is 2.48. The Hall–Kier alpha value is -2.61. The lowest BCUT2D eigenvalue weighted by Gasteiger charge is -2.09. The molecule has 5 heteroatoms. The number of nitro groups is 1. The number of hydrogen-bond donors (Lipinski definition) is 0. The highest BCUT2D eigenvalue weighted by molar-refractivity contribution is 5.52. The lowest BCUT2D eigenvalue weighted by Crippen LogP contribution is -1.97. The standard InChI is InChI=1S/C13H10N2O3/c14-9-10-8-12(6-7-13(10)15(16)17)18-11-4-2-1-3-5-11/h2,4-8H,1,3H2. The molecular weight excluding hydrogens is 232 g/mol. The fraction of sp³-hybridized carbons (Fsp3) is 0.154. The molecule has 1 aliphatic rings. The number of nitro benzene ring substituents is 1. The molecule has 0 heterocycles. The number of nitriles is 1. The van der Waals surface area contributed by atoms with Crippen LogP contribution in [0.4, 0.5) is 5.69 Å². The first-order chi connectivity index (χ1) is 8.70. The number of nitrogens with zero attached hydrogens (tertiary/aromatic N) is 2. The summed E-state index contributed by atoms with van der Waals surface area (Å²) in [7, 11) is 0. The molecular formula is C13H10N2O3. The van der Waals surface area contributed by atoms with Crippen molar-refractivity contribution in [3.63, 3.8) is 0 Å². The van der Waals surface area contributed by atoms with E-state index in [4.69, 9.17) is 10.00 Å². The molecule has 0 amide bonds. The van der Waals surface area contributed by atoms with Gasteiger partial charge in [0.15, 0.2) is 0 Å². The monoisotopic (exact) mass is 242 g/mol. The summed E-state index contributed by atoms with van der Waals surface area (Å²) >= 11 is 0. The molecule has 1 aromatic carbocycles. The summed E-state index contributed by atoms with van der Waals surface area (Å²) < 4.78 is 5.53. The van der Waals surface area contributed by atoms with Crippen LogP contribution in [-0.4, -0.2) is 4.92 Å². The fourth-order valence-electron chi connectivity index (χ4n) is 1.63. The molecule has 2 rings (SSSR count). The average molecular weight is 242 g/mol. The normalized spacial score (nSPS) is 13.6. The highest BCUT2D eigenvalue weighted by atomic mass is 16.6. The molecule has 90 valence electrons. The molecule has 0 aromatic heterocycles. The summed E-state index contributed by atoms with van der Waals surface area (Å²) in [5, 5.41) is 19.5. The Morgan fingerprint density at radius 2 is 2.22 bits per heavy atom. The molecule has 0 saturated heterocycles. The molecule has 0 fully saturated rings. The van der Waals surface area contributed by atoms with E-state index < -0.39 is 4.92 Å². The minimum absolute atomic E-state index is 0.00195. The SMILES string of the molecule is N#Cc1cc(OC2=CCCC=C2)ccc1[N+](=O)[O-]. The number of hydrogen-bond acceptors (Lipinski definition) is 4. The van der Waals surface area contributed by atoms with Crippen molar-refractivity contribution in [1.82, 2.24) is 0 Å². The fourth-order valence-corrected chi connectivity index (χ4v) is 1.63. The predicted octanol–water partition coefficient (Wildman–Crippen LogP) is 3.08. The van der Waals surface area contributed by atoms with E-state index in [0.717, 1.165) is 12.8 Å². The van der Waals surface area contributed by atoms with Gasteiger partial charge < -0.3 is 4.74 Å². The topological polar surface area (TPSA) is 76.2 Å². The van der Waals surface area contributed by atoms with Crippen LogP contribution in [0.3, 0.4) is 0 Å². The Morgan fingerprint density at radius 3 is 2.83 bits per heavy atom. The quantitative estimate of drug-likeness (QED) is 0.602. The van der Waals surface area contributed by atoms with Gasteiger partial charge in [-0.05, 0) is 31.1 Å². The van der Waals surface area contributed by atoms with Crippen LogP contribution in [0.5, 0.6) is 5.75 Å². The largest absolute Gasteiger partial charge is 0.458 e. The molecule has 0 spiro atoms. The van der Waals surface area contributed by atoms with Crippen molar-refractivity contribution in [1.29, 1.82) is 5.26 Å². The van der Waals surface area contributed by atoms with Gasteiger partial charge in [0.1, 0.15) is 23.1 Å². The van der Waals surface area contributed by atoms with Crippen LogP contribution in [0.25, 0.3) is 0 Å². The Balaban J connectivity index is 2.25. The Kier molecular flexibility index (Phi) is 3.39. The van der Waals surface area contributed by atoms with E-state index in [1.807, 2.05) is 18.2 Å². The number of ether oxygens (including phenoxy) is 1. The van der Waals surface area contributed by atoms with E-state index in [2.05, 4.69) is 0 Å². The molecule has 5 nitrogen and oxygen atoms in total. The van der Waals surface area contributed by atoms with Crippen LogP contribution in [-0.2, 0) is 0 Å². The zero-order valence-corrected chi connectivity index (χ0v) is 9.50. The predicted molar refractivity (Wildman–Crippen MR) is 64.9 cm³/mol. The second-order valence-electron chi connectivity index (χ2n) is 3.74. The maximum Gasteiger partial charge on any atom is 0.287 e. The van der Waals surface area contributed by atoms with E-state index in [0.29, 0.717) is 11.5 Å². The Morgan fingerprint density at radius 1 is 1.39 bits per heavy atom. The van der Waals surface area contributed by atoms with Crippen LogP contribution < -0.4 is 4.74 Å². The van der Waals surface area contributed by atoms with Crippen LogP contribution in [0.15, 0.2) is 42.2 Å². The molecule has 0 unspecified atom stereocenters. The van der Waals surface area contributed by atoms with E-state index in [9.17, 15) is 10.1 Å². The lowest BCUT2D eigenvalue weighted by atomic mass is 10.1. The molecule has 0 atom stereocenters. The third kappa shape index (κ3) is 2.55. The molecule has 0 N–H and O–H groups in total. The first kappa shape index (κ1) is 11.9. The van der Waals surface area contributed by atoms with Crippen molar-refractivity contribution in [2.24, 2.45) is 0 Å². The summed E-state index contributed by atoms with van der Waals surface area (Å²) in [5.41, 5.74) is -0.212. The van der Waals surface area contributed by atoms with Gasteiger partial charge >= 0.3 is 0 Å². The Bertz CT molecular complexity index is 582. The molecule has 0 aliphatic heterocycles. The molecule has 0 bridgehead atoms. The summed E-state index contributed by atoms with van der Waals surface area (Å²) in [4.78, 5) is 10.1. The third-order valence-corrected chi connectivity index (χ3v) is 2.48. The number of benzene rings is 1. The van der Waals surface area contributed by atoms with Gasteiger partial charge in [-0.15, -0.1) is 0 Å². The van der Waals surface area contributed by atoms with Gasteiger partial charge in [-0.3, -0.25) is 10.1 Å². The zero-order chi connectivity index (χ0) is 13.0.